The van der Waals surface area contributed by atoms with Gasteiger partial charge in [-0.15, -0.1) is 4.55 Å². The third-order valence-electron chi connectivity index (χ3n) is 0.737. The second-order valence-electron chi connectivity index (χ2n) is 1.40. The van der Waals surface area contributed by atoms with E-state index in [0.29, 0.717) is 0 Å². The third-order valence-corrected chi connectivity index (χ3v) is 2.31. The van der Waals surface area contributed by atoms with Crippen LogP contribution in [0, 0.1) is 0 Å². The standard InChI is InChI=1S/C4H9.ClH.Mg.Zr/c1-3-4-2;;;/h1,3-4H2,2H3;1H;;/q;;+1;/p-1. The summed E-state index contributed by atoms with van der Waals surface area (Å²) in [5, 5.41) is 0. The van der Waals surface area contributed by atoms with Gasteiger partial charge in [0.15, 0.2) is 0 Å². The SMILES string of the molecule is CCC[CH2][Mg][Cl].[Zr]. The Morgan fingerprint density at radius 3 is 2.29 bits per heavy atom. The summed E-state index contributed by atoms with van der Waals surface area (Å²) in [7, 11) is 5.52. The molecule has 38 valence electrons. The van der Waals surface area contributed by atoms with Gasteiger partial charge in [-0.25, -0.2) is 0 Å². The Kier molecular flexibility index (Phi) is 18.1. The number of hydrogen-bond acceptors (Lipinski definition) is 0. The van der Waals surface area contributed by atoms with Gasteiger partial charge in [0.25, 0.3) is 0 Å². The molecule has 0 spiro atoms. The second kappa shape index (κ2) is 10.8. The minimum Gasteiger partial charge on any atom is -0.346 e. The summed E-state index contributed by atoms with van der Waals surface area (Å²) < 4.78 is 1.32. The number of halogens is 1. The van der Waals surface area contributed by atoms with Crippen LogP contribution in [0.2, 0.25) is 4.55 Å². The minimum absolute atomic E-state index is 0. The maximum absolute atomic E-state index is 5.52. The Morgan fingerprint density at radius 2 is 2.14 bits per heavy atom. The molecule has 3 heteroatoms. The summed E-state index contributed by atoms with van der Waals surface area (Å²) in [5.41, 5.74) is 0. The third kappa shape index (κ3) is 11.5. The van der Waals surface area contributed by atoms with E-state index in [1.165, 1.54) is 17.4 Å². The molecular weight excluding hydrogens is 199 g/mol. The van der Waals surface area contributed by atoms with E-state index in [-0.39, 0.29) is 45.5 Å². The summed E-state index contributed by atoms with van der Waals surface area (Å²) in [6.07, 6.45) is 2.65. The van der Waals surface area contributed by atoms with Crippen molar-refractivity contribution >= 4 is 28.3 Å². The average molecular weight is 208 g/mol. The van der Waals surface area contributed by atoms with Crippen LogP contribution in [0.4, 0.5) is 0 Å². The van der Waals surface area contributed by atoms with Crippen molar-refractivity contribution in [3.63, 3.8) is 0 Å². The molecule has 0 aromatic heterocycles. The summed E-state index contributed by atoms with van der Waals surface area (Å²) in [5.74, 6) is 0. The normalized spacial score (nSPS) is 6.57. The summed E-state index contributed by atoms with van der Waals surface area (Å²) in [6.45, 7) is 2.20. The molecule has 0 aliphatic carbocycles. The maximum Gasteiger partial charge on any atom is 0.501 e. The van der Waals surface area contributed by atoms with Crippen LogP contribution < -0.4 is 0 Å². The Bertz CT molecular complexity index is 23.7. The van der Waals surface area contributed by atoms with Crippen LogP contribution in [-0.4, -0.2) is 19.3 Å². The van der Waals surface area contributed by atoms with Crippen molar-refractivity contribution in [2.24, 2.45) is 0 Å². The van der Waals surface area contributed by atoms with Crippen LogP contribution in [0.25, 0.3) is 0 Å². The van der Waals surface area contributed by atoms with Crippen molar-refractivity contribution in [3.05, 3.63) is 0 Å². The molecule has 0 aromatic rings. The first-order valence-corrected chi connectivity index (χ1v) is 5.61. The quantitative estimate of drug-likeness (QED) is 0.492. The zero-order valence-electron chi connectivity index (χ0n) is 4.71. The minimum atomic E-state index is -0.125. The molecule has 0 nitrogen and oxygen atoms in total. The van der Waals surface area contributed by atoms with Crippen LogP contribution in [0.3, 0.4) is 0 Å². The van der Waals surface area contributed by atoms with E-state index < -0.39 is 0 Å². The molecule has 0 aliphatic rings. The molecule has 0 unspecified atom stereocenters. The van der Waals surface area contributed by atoms with Gasteiger partial charge in [-0.3, -0.25) is 0 Å². The Labute approximate surface area is 78.0 Å². The van der Waals surface area contributed by atoms with Gasteiger partial charge >= 0.3 is 19.3 Å². The fourth-order valence-corrected chi connectivity index (χ4v) is 1.60. The van der Waals surface area contributed by atoms with Crippen LogP contribution in [-0.2, 0) is 26.2 Å². The first kappa shape index (κ1) is 11.7. The number of hydrogen-bond donors (Lipinski definition) is 0. The Morgan fingerprint density at radius 1 is 1.57 bits per heavy atom. The maximum atomic E-state index is 5.52. The van der Waals surface area contributed by atoms with Gasteiger partial charge in [0, 0.05) is 26.2 Å². The van der Waals surface area contributed by atoms with E-state index in [2.05, 4.69) is 6.92 Å². The fraction of sp³-hybridized carbons (Fsp3) is 1.00. The molecule has 0 amide bonds. The average Bonchev–Trinajstić information content (AvgIpc) is 1.61. The molecule has 0 heterocycles. The first-order valence-electron chi connectivity index (χ1n) is 2.47. The predicted octanol–water partition coefficient (Wildman–Crippen LogP) is 2.06. The van der Waals surface area contributed by atoms with Crippen molar-refractivity contribution < 1.29 is 26.2 Å². The van der Waals surface area contributed by atoms with E-state index in [9.17, 15) is 0 Å². The Hall–Kier alpha value is 1.94. The molecule has 0 N–H and O–H groups in total. The molecule has 0 rings (SSSR count). The zero-order chi connectivity index (χ0) is 4.83. The molecule has 0 saturated carbocycles. The molecule has 0 aliphatic heterocycles. The molecule has 0 fully saturated rings. The topological polar surface area (TPSA) is 0 Å². The second-order valence-corrected chi connectivity index (χ2v) is 3.62. The number of unbranched alkanes of at least 4 members (excludes halogenated alkanes) is 1. The predicted molar refractivity (Wildman–Crippen MR) is 31.3 cm³/mol. The van der Waals surface area contributed by atoms with Gasteiger partial charge in [0.1, 0.15) is 0 Å². The van der Waals surface area contributed by atoms with Crippen LogP contribution in [0.1, 0.15) is 19.8 Å². The van der Waals surface area contributed by atoms with E-state index >= 15 is 0 Å². The summed E-state index contributed by atoms with van der Waals surface area (Å²) >= 11 is -0.125. The molecule has 0 radical (unpaired) electrons. The van der Waals surface area contributed by atoms with E-state index in [0.717, 1.165) is 0 Å². The van der Waals surface area contributed by atoms with Crippen molar-refractivity contribution in [1.82, 2.24) is 0 Å². The van der Waals surface area contributed by atoms with Crippen LogP contribution >= 0.6 is 9.07 Å². The Balaban J connectivity index is 0. The van der Waals surface area contributed by atoms with Gasteiger partial charge in [-0.2, -0.15) is 0 Å². The largest absolute Gasteiger partial charge is 0.501 e. The van der Waals surface area contributed by atoms with Crippen molar-refractivity contribution in [2.75, 3.05) is 0 Å². The van der Waals surface area contributed by atoms with Gasteiger partial charge in [0.05, 0.1) is 0 Å². The van der Waals surface area contributed by atoms with E-state index in [1.54, 1.807) is 0 Å². The van der Waals surface area contributed by atoms with Gasteiger partial charge in [-0.05, 0) is 0 Å². The van der Waals surface area contributed by atoms with Crippen molar-refractivity contribution in [1.29, 1.82) is 0 Å². The van der Waals surface area contributed by atoms with Gasteiger partial charge < -0.3 is 9.07 Å². The van der Waals surface area contributed by atoms with E-state index in [4.69, 9.17) is 9.07 Å². The molecular formula is C4H9ClMgZr. The van der Waals surface area contributed by atoms with Gasteiger partial charge in [0.2, 0.25) is 0 Å². The number of rotatable bonds is 3. The monoisotopic (exact) mass is 206 g/mol. The molecule has 0 saturated heterocycles. The van der Waals surface area contributed by atoms with Crippen molar-refractivity contribution in [3.8, 4) is 0 Å². The fourth-order valence-electron chi connectivity index (χ4n) is 0.344. The molecule has 7 heavy (non-hydrogen) atoms. The van der Waals surface area contributed by atoms with Crippen molar-refractivity contribution in [2.45, 2.75) is 24.3 Å². The summed E-state index contributed by atoms with van der Waals surface area (Å²) in [6, 6.07) is 0. The smallest absolute Gasteiger partial charge is 0.346 e. The summed E-state index contributed by atoms with van der Waals surface area (Å²) in [4.78, 5) is 0. The molecule has 0 atom stereocenters. The van der Waals surface area contributed by atoms with E-state index in [1.807, 2.05) is 0 Å². The van der Waals surface area contributed by atoms with Gasteiger partial charge in [-0.1, -0.05) is 19.8 Å². The van der Waals surface area contributed by atoms with Crippen LogP contribution in [0.15, 0.2) is 0 Å². The van der Waals surface area contributed by atoms with Crippen LogP contribution in [0.5, 0.6) is 0 Å². The molecule has 0 aromatic carbocycles. The first-order chi connectivity index (χ1) is 2.91. The molecule has 0 bridgehead atoms. The zero-order valence-corrected chi connectivity index (χ0v) is 9.33.